The number of nitrogens with one attached hydrogen (secondary N) is 2. The van der Waals surface area contributed by atoms with Gasteiger partial charge in [0.25, 0.3) is 0 Å². The molecule has 0 saturated carbocycles. The molecule has 5 nitrogen and oxygen atoms in total. The average Bonchev–Trinajstić information content (AvgIpc) is 2.64. The van der Waals surface area contributed by atoms with Crippen molar-refractivity contribution in [1.82, 2.24) is 5.32 Å². The summed E-state index contributed by atoms with van der Waals surface area (Å²) in [7, 11) is 0. The molecule has 19 heavy (non-hydrogen) atoms. The van der Waals surface area contributed by atoms with Crippen LogP contribution in [-0.4, -0.2) is 18.5 Å². The van der Waals surface area contributed by atoms with E-state index in [1.807, 2.05) is 12.1 Å². The SMILES string of the molecule is N#Cc1ccc(NC2CCCCNC2=O)cc1C#N. The van der Waals surface area contributed by atoms with Gasteiger partial charge >= 0.3 is 0 Å². The fourth-order valence-electron chi connectivity index (χ4n) is 2.10. The molecular formula is C14H14N4O. The van der Waals surface area contributed by atoms with Crippen LogP contribution in [0.25, 0.3) is 0 Å². The van der Waals surface area contributed by atoms with Crippen LogP contribution in [0.15, 0.2) is 18.2 Å². The minimum Gasteiger partial charge on any atom is -0.374 e. The fourth-order valence-corrected chi connectivity index (χ4v) is 2.10. The van der Waals surface area contributed by atoms with Crippen molar-refractivity contribution in [2.45, 2.75) is 25.3 Å². The molecule has 1 saturated heterocycles. The summed E-state index contributed by atoms with van der Waals surface area (Å²) in [4.78, 5) is 11.8. The van der Waals surface area contributed by atoms with E-state index in [4.69, 9.17) is 10.5 Å². The Bertz CT molecular complexity index is 568. The van der Waals surface area contributed by atoms with E-state index in [-0.39, 0.29) is 11.9 Å². The average molecular weight is 254 g/mol. The van der Waals surface area contributed by atoms with Gasteiger partial charge in [0.2, 0.25) is 5.91 Å². The van der Waals surface area contributed by atoms with Crippen molar-refractivity contribution in [2.75, 3.05) is 11.9 Å². The number of nitrogens with zero attached hydrogens (tertiary/aromatic N) is 2. The minimum absolute atomic E-state index is 0.0135. The first-order valence-electron chi connectivity index (χ1n) is 6.23. The fraction of sp³-hybridized carbons (Fsp3) is 0.357. The molecule has 1 aromatic carbocycles. The van der Waals surface area contributed by atoms with E-state index in [0.717, 1.165) is 19.3 Å². The highest BCUT2D eigenvalue weighted by Crippen LogP contribution is 2.17. The second-order valence-corrected chi connectivity index (χ2v) is 4.47. The van der Waals surface area contributed by atoms with E-state index in [2.05, 4.69) is 10.6 Å². The van der Waals surface area contributed by atoms with Gasteiger partial charge in [-0.3, -0.25) is 4.79 Å². The van der Waals surface area contributed by atoms with Gasteiger partial charge in [0.15, 0.2) is 0 Å². The van der Waals surface area contributed by atoms with Gasteiger partial charge in [0.05, 0.1) is 11.1 Å². The largest absolute Gasteiger partial charge is 0.374 e. The lowest BCUT2D eigenvalue weighted by molar-refractivity contribution is -0.121. The van der Waals surface area contributed by atoms with Crippen molar-refractivity contribution in [3.05, 3.63) is 29.3 Å². The Hall–Kier alpha value is -2.53. The van der Waals surface area contributed by atoms with Gasteiger partial charge in [-0.2, -0.15) is 10.5 Å². The smallest absolute Gasteiger partial charge is 0.242 e. The van der Waals surface area contributed by atoms with Gasteiger partial charge in [-0.15, -0.1) is 0 Å². The highest BCUT2D eigenvalue weighted by molar-refractivity contribution is 5.84. The molecule has 1 aliphatic rings. The van der Waals surface area contributed by atoms with E-state index < -0.39 is 0 Å². The van der Waals surface area contributed by atoms with E-state index in [1.54, 1.807) is 18.2 Å². The number of nitriles is 2. The van der Waals surface area contributed by atoms with Crippen molar-refractivity contribution in [3.8, 4) is 12.1 Å². The van der Waals surface area contributed by atoms with Crippen LogP contribution in [0.3, 0.4) is 0 Å². The standard InChI is InChI=1S/C14H14N4O/c15-8-10-4-5-12(7-11(10)9-16)18-13-3-1-2-6-17-14(13)19/h4-5,7,13,18H,1-3,6H2,(H,17,19). The number of hydrogen-bond acceptors (Lipinski definition) is 4. The second kappa shape index (κ2) is 5.88. The summed E-state index contributed by atoms with van der Waals surface area (Å²) in [6.45, 7) is 0.716. The third-order valence-electron chi connectivity index (χ3n) is 3.14. The van der Waals surface area contributed by atoms with Gasteiger partial charge in [0, 0.05) is 12.2 Å². The Morgan fingerprint density at radius 2 is 2.00 bits per heavy atom. The van der Waals surface area contributed by atoms with Crippen molar-refractivity contribution in [2.24, 2.45) is 0 Å². The van der Waals surface area contributed by atoms with Gasteiger partial charge in [0.1, 0.15) is 18.2 Å². The van der Waals surface area contributed by atoms with Crippen LogP contribution in [0.4, 0.5) is 5.69 Å². The van der Waals surface area contributed by atoms with Crippen molar-refractivity contribution < 1.29 is 4.79 Å². The van der Waals surface area contributed by atoms with Crippen molar-refractivity contribution in [1.29, 1.82) is 10.5 Å². The summed E-state index contributed by atoms with van der Waals surface area (Å²) in [5, 5.41) is 23.8. The lowest BCUT2D eigenvalue weighted by Gasteiger charge is -2.16. The van der Waals surface area contributed by atoms with Gasteiger partial charge < -0.3 is 10.6 Å². The van der Waals surface area contributed by atoms with E-state index in [1.165, 1.54) is 0 Å². The highest BCUT2D eigenvalue weighted by Gasteiger charge is 2.20. The molecule has 96 valence electrons. The summed E-state index contributed by atoms with van der Waals surface area (Å²) in [5.74, 6) is -0.0135. The van der Waals surface area contributed by atoms with Gasteiger partial charge in [-0.1, -0.05) is 0 Å². The molecule has 0 spiro atoms. The Morgan fingerprint density at radius 3 is 2.74 bits per heavy atom. The topological polar surface area (TPSA) is 88.7 Å². The third kappa shape index (κ3) is 3.02. The molecule has 1 atom stereocenters. The van der Waals surface area contributed by atoms with Crippen LogP contribution in [0.5, 0.6) is 0 Å². The second-order valence-electron chi connectivity index (χ2n) is 4.47. The number of anilines is 1. The van der Waals surface area contributed by atoms with E-state index in [9.17, 15) is 4.79 Å². The van der Waals surface area contributed by atoms with Crippen LogP contribution < -0.4 is 10.6 Å². The summed E-state index contributed by atoms with van der Waals surface area (Å²) < 4.78 is 0. The molecule has 1 amide bonds. The van der Waals surface area contributed by atoms with Crippen LogP contribution in [0, 0.1) is 22.7 Å². The quantitative estimate of drug-likeness (QED) is 0.837. The molecule has 2 N–H and O–H groups in total. The van der Waals surface area contributed by atoms with Crippen molar-refractivity contribution in [3.63, 3.8) is 0 Å². The van der Waals surface area contributed by atoms with Gasteiger partial charge in [-0.25, -0.2) is 0 Å². The Balaban J connectivity index is 2.17. The maximum atomic E-state index is 11.8. The predicted molar refractivity (Wildman–Crippen MR) is 70.1 cm³/mol. The Morgan fingerprint density at radius 1 is 1.21 bits per heavy atom. The molecule has 1 heterocycles. The molecule has 1 aromatic rings. The zero-order valence-corrected chi connectivity index (χ0v) is 10.4. The van der Waals surface area contributed by atoms with Crippen LogP contribution >= 0.6 is 0 Å². The lowest BCUT2D eigenvalue weighted by Crippen LogP contribution is -2.37. The molecule has 5 heteroatoms. The normalized spacial score (nSPS) is 18.6. The molecular weight excluding hydrogens is 240 g/mol. The maximum Gasteiger partial charge on any atom is 0.242 e. The summed E-state index contributed by atoms with van der Waals surface area (Å²) in [6, 6.07) is 8.60. The zero-order chi connectivity index (χ0) is 13.7. The molecule has 1 fully saturated rings. The maximum absolute atomic E-state index is 11.8. The zero-order valence-electron chi connectivity index (χ0n) is 10.4. The summed E-state index contributed by atoms with van der Waals surface area (Å²) in [5.41, 5.74) is 1.36. The molecule has 1 aliphatic heterocycles. The number of rotatable bonds is 2. The highest BCUT2D eigenvalue weighted by atomic mass is 16.2. The monoisotopic (exact) mass is 254 g/mol. The molecule has 0 aromatic heterocycles. The number of amides is 1. The number of carbonyl (C=O) groups is 1. The number of carbonyl (C=O) groups excluding carboxylic acids is 1. The first kappa shape index (κ1) is 12.9. The summed E-state index contributed by atoms with van der Waals surface area (Å²) in [6.07, 6.45) is 2.74. The van der Waals surface area contributed by atoms with Gasteiger partial charge in [-0.05, 0) is 37.5 Å². The van der Waals surface area contributed by atoms with Crippen LogP contribution in [0.2, 0.25) is 0 Å². The number of hydrogen-bond donors (Lipinski definition) is 2. The molecule has 2 rings (SSSR count). The summed E-state index contributed by atoms with van der Waals surface area (Å²) >= 11 is 0. The molecule has 1 unspecified atom stereocenters. The Labute approximate surface area is 111 Å². The first-order valence-corrected chi connectivity index (χ1v) is 6.23. The third-order valence-corrected chi connectivity index (χ3v) is 3.14. The lowest BCUT2D eigenvalue weighted by atomic mass is 10.1. The Kier molecular flexibility index (Phi) is 4.00. The van der Waals surface area contributed by atoms with E-state index in [0.29, 0.717) is 23.4 Å². The molecule has 0 radical (unpaired) electrons. The van der Waals surface area contributed by atoms with Crippen molar-refractivity contribution >= 4 is 11.6 Å². The number of benzene rings is 1. The van der Waals surface area contributed by atoms with E-state index >= 15 is 0 Å². The van der Waals surface area contributed by atoms with Crippen LogP contribution in [0.1, 0.15) is 30.4 Å². The van der Waals surface area contributed by atoms with Crippen LogP contribution in [-0.2, 0) is 4.79 Å². The minimum atomic E-state index is -0.276. The molecule has 0 bridgehead atoms. The first-order chi connectivity index (χ1) is 9.24. The molecule has 0 aliphatic carbocycles. The predicted octanol–water partition coefficient (Wildman–Crippen LogP) is 1.51.